The van der Waals surface area contributed by atoms with Gasteiger partial charge >= 0.3 is 0 Å². The van der Waals surface area contributed by atoms with Crippen LogP contribution in [0.5, 0.6) is 11.5 Å². The third kappa shape index (κ3) is 3.22. The van der Waals surface area contributed by atoms with E-state index in [0.29, 0.717) is 16.9 Å². The van der Waals surface area contributed by atoms with Crippen molar-refractivity contribution in [3.05, 3.63) is 83.9 Å². The van der Waals surface area contributed by atoms with Crippen LogP contribution in [-0.4, -0.2) is 16.1 Å². The van der Waals surface area contributed by atoms with Crippen molar-refractivity contribution in [1.29, 1.82) is 0 Å². The molecule has 0 radical (unpaired) electrons. The van der Waals surface area contributed by atoms with Crippen LogP contribution in [0.25, 0.3) is 0 Å². The van der Waals surface area contributed by atoms with E-state index >= 15 is 0 Å². The predicted octanol–water partition coefficient (Wildman–Crippen LogP) is 4.38. The van der Waals surface area contributed by atoms with E-state index in [1.807, 2.05) is 19.1 Å². The van der Waals surface area contributed by atoms with Gasteiger partial charge in [-0.05, 0) is 67.6 Å². The third-order valence-electron chi connectivity index (χ3n) is 3.72. The van der Waals surface area contributed by atoms with Gasteiger partial charge in [0.05, 0.1) is 0 Å². The SMILES string of the molecule is Cc1ccc(C(=O)N(c2ccc(O)cc2)c2ccc(O)cc2)cc1. The molecule has 1 amide bonds. The lowest BCUT2D eigenvalue weighted by Crippen LogP contribution is -2.25. The number of amides is 1. The number of carbonyl (C=O) groups is 1. The minimum Gasteiger partial charge on any atom is -0.508 e. The Morgan fingerprint density at radius 3 is 1.54 bits per heavy atom. The molecule has 2 N–H and O–H groups in total. The fourth-order valence-corrected chi connectivity index (χ4v) is 2.41. The molecule has 24 heavy (non-hydrogen) atoms. The first-order valence-corrected chi connectivity index (χ1v) is 7.54. The maximum Gasteiger partial charge on any atom is 0.262 e. The number of benzene rings is 3. The molecule has 0 aromatic heterocycles. The summed E-state index contributed by atoms with van der Waals surface area (Å²) in [6.07, 6.45) is 0. The normalized spacial score (nSPS) is 10.4. The van der Waals surface area contributed by atoms with Crippen molar-refractivity contribution in [3.63, 3.8) is 0 Å². The summed E-state index contributed by atoms with van der Waals surface area (Å²) in [7, 11) is 0. The molecule has 0 aliphatic rings. The second-order valence-corrected chi connectivity index (χ2v) is 5.54. The van der Waals surface area contributed by atoms with Gasteiger partial charge in [-0.3, -0.25) is 9.69 Å². The summed E-state index contributed by atoms with van der Waals surface area (Å²) in [5.74, 6) is 0.0748. The molecule has 0 saturated heterocycles. The van der Waals surface area contributed by atoms with Gasteiger partial charge in [0.15, 0.2) is 0 Å². The fourth-order valence-electron chi connectivity index (χ4n) is 2.41. The molecule has 0 spiro atoms. The Bertz CT molecular complexity index is 792. The van der Waals surface area contributed by atoms with Crippen molar-refractivity contribution in [3.8, 4) is 11.5 Å². The van der Waals surface area contributed by atoms with Crippen LogP contribution < -0.4 is 4.90 Å². The summed E-state index contributed by atoms with van der Waals surface area (Å²) in [5.41, 5.74) is 2.89. The molecule has 0 bridgehead atoms. The molecule has 0 heterocycles. The van der Waals surface area contributed by atoms with E-state index in [2.05, 4.69) is 0 Å². The van der Waals surface area contributed by atoms with Crippen molar-refractivity contribution in [2.24, 2.45) is 0 Å². The summed E-state index contributed by atoms with van der Waals surface area (Å²) in [5, 5.41) is 19.0. The second-order valence-electron chi connectivity index (χ2n) is 5.54. The zero-order valence-electron chi connectivity index (χ0n) is 13.2. The molecule has 0 saturated carbocycles. The Labute approximate surface area is 140 Å². The van der Waals surface area contributed by atoms with E-state index in [0.717, 1.165) is 5.56 Å². The standard InChI is InChI=1S/C20H17NO3/c1-14-2-4-15(5-3-14)20(24)21(16-6-10-18(22)11-7-16)17-8-12-19(23)13-9-17/h2-13,22-23H,1H3. The predicted molar refractivity (Wildman–Crippen MR) is 93.9 cm³/mol. The number of aromatic hydroxyl groups is 2. The van der Waals surface area contributed by atoms with Gasteiger partial charge in [-0.1, -0.05) is 17.7 Å². The summed E-state index contributed by atoms with van der Waals surface area (Å²) in [4.78, 5) is 14.6. The molecule has 0 aliphatic carbocycles. The van der Waals surface area contributed by atoms with Crippen molar-refractivity contribution >= 4 is 17.3 Å². The van der Waals surface area contributed by atoms with Gasteiger partial charge in [0.1, 0.15) is 11.5 Å². The Balaban J connectivity index is 2.07. The molecule has 4 heteroatoms. The number of rotatable bonds is 3. The molecule has 3 rings (SSSR count). The summed E-state index contributed by atoms with van der Waals surface area (Å²) in [6.45, 7) is 1.96. The van der Waals surface area contributed by atoms with Gasteiger partial charge in [-0.25, -0.2) is 0 Å². The van der Waals surface area contributed by atoms with E-state index < -0.39 is 0 Å². The number of hydrogen-bond donors (Lipinski definition) is 2. The molecule has 120 valence electrons. The first-order valence-electron chi connectivity index (χ1n) is 7.54. The van der Waals surface area contributed by atoms with Gasteiger partial charge < -0.3 is 10.2 Å². The van der Waals surface area contributed by atoms with Crippen LogP contribution in [0.1, 0.15) is 15.9 Å². The molecule has 0 unspecified atom stereocenters. The van der Waals surface area contributed by atoms with E-state index in [-0.39, 0.29) is 17.4 Å². The number of carbonyl (C=O) groups excluding carboxylic acids is 1. The first-order chi connectivity index (χ1) is 11.5. The highest BCUT2D eigenvalue weighted by atomic mass is 16.3. The van der Waals surface area contributed by atoms with Crippen LogP contribution in [0, 0.1) is 6.92 Å². The van der Waals surface area contributed by atoms with Crippen molar-refractivity contribution < 1.29 is 15.0 Å². The smallest absolute Gasteiger partial charge is 0.262 e. The molecule has 3 aromatic rings. The minimum absolute atomic E-state index is 0.132. The van der Waals surface area contributed by atoms with E-state index in [1.54, 1.807) is 41.3 Å². The molecular weight excluding hydrogens is 302 g/mol. The maximum absolute atomic E-state index is 13.0. The van der Waals surface area contributed by atoms with Crippen LogP contribution in [0.15, 0.2) is 72.8 Å². The van der Waals surface area contributed by atoms with Crippen LogP contribution >= 0.6 is 0 Å². The Hall–Kier alpha value is -3.27. The summed E-state index contributed by atoms with van der Waals surface area (Å²) in [6, 6.07) is 20.2. The number of phenols is 2. The lowest BCUT2D eigenvalue weighted by molar-refractivity contribution is 0.0999. The lowest BCUT2D eigenvalue weighted by atomic mass is 10.1. The lowest BCUT2D eigenvalue weighted by Gasteiger charge is -2.23. The molecular formula is C20H17NO3. The van der Waals surface area contributed by atoms with Gasteiger partial charge in [0.25, 0.3) is 5.91 Å². The zero-order valence-corrected chi connectivity index (χ0v) is 13.2. The zero-order chi connectivity index (χ0) is 17.1. The summed E-state index contributed by atoms with van der Waals surface area (Å²) < 4.78 is 0. The Morgan fingerprint density at radius 1 is 0.708 bits per heavy atom. The van der Waals surface area contributed by atoms with Crippen LogP contribution in [0.3, 0.4) is 0 Å². The van der Waals surface area contributed by atoms with Gasteiger partial charge in [-0.2, -0.15) is 0 Å². The first kappa shape index (κ1) is 15.6. The molecule has 0 aliphatic heterocycles. The van der Waals surface area contributed by atoms with Gasteiger partial charge in [0.2, 0.25) is 0 Å². The Kier molecular flexibility index (Phi) is 4.20. The van der Waals surface area contributed by atoms with Crippen molar-refractivity contribution in [1.82, 2.24) is 0 Å². The van der Waals surface area contributed by atoms with Crippen LogP contribution in [-0.2, 0) is 0 Å². The highest BCUT2D eigenvalue weighted by molar-refractivity contribution is 6.10. The summed E-state index contributed by atoms with van der Waals surface area (Å²) >= 11 is 0. The van der Waals surface area contributed by atoms with Crippen molar-refractivity contribution in [2.45, 2.75) is 6.92 Å². The molecule has 3 aromatic carbocycles. The highest BCUT2D eigenvalue weighted by Crippen LogP contribution is 2.30. The quantitative estimate of drug-likeness (QED) is 0.753. The topological polar surface area (TPSA) is 60.8 Å². The van der Waals surface area contributed by atoms with E-state index in [4.69, 9.17) is 0 Å². The van der Waals surface area contributed by atoms with Crippen molar-refractivity contribution in [2.75, 3.05) is 4.90 Å². The fraction of sp³-hybridized carbons (Fsp3) is 0.0500. The van der Waals surface area contributed by atoms with Crippen LogP contribution in [0.2, 0.25) is 0 Å². The minimum atomic E-state index is -0.189. The van der Waals surface area contributed by atoms with Crippen LogP contribution in [0.4, 0.5) is 11.4 Å². The third-order valence-corrected chi connectivity index (χ3v) is 3.72. The molecule has 4 nitrogen and oxygen atoms in total. The second kappa shape index (κ2) is 6.46. The Morgan fingerprint density at radius 2 is 1.12 bits per heavy atom. The largest absolute Gasteiger partial charge is 0.508 e. The monoisotopic (exact) mass is 319 g/mol. The molecule has 0 atom stereocenters. The van der Waals surface area contributed by atoms with E-state index in [1.165, 1.54) is 24.3 Å². The number of aryl methyl sites for hydroxylation is 1. The maximum atomic E-state index is 13.0. The number of nitrogens with zero attached hydrogens (tertiary/aromatic N) is 1. The number of hydrogen-bond acceptors (Lipinski definition) is 3. The average molecular weight is 319 g/mol. The highest BCUT2D eigenvalue weighted by Gasteiger charge is 2.19. The van der Waals surface area contributed by atoms with Gasteiger partial charge in [0, 0.05) is 16.9 Å². The average Bonchev–Trinajstić information content (AvgIpc) is 2.59. The number of anilines is 2. The van der Waals surface area contributed by atoms with E-state index in [9.17, 15) is 15.0 Å². The molecule has 0 fully saturated rings. The number of phenolic OH excluding ortho intramolecular Hbond substituents is 2. The van der Waals surface area contributed by atoms with Gasteiger partial charge in [-0.15, -0.1) is 0 Å².